The number of benzene rings is 1. The Labute approximate surface area is 126 Å². The second-order valence-electron chi connectivity index (χ2n) is 5.23. The van der Waals surface area contributed by atoms with E-state index in [4.69, 9.17) is 5.73 Å². The van der Waals surface area contributed by atoms with E-state index in [-0.39, 0.29) is 17.8 Å². The van der Waals surface area contributed by atoms with E-state index in [1.165, 1.54) is 23.5 Å². The predicted molar refractivity (Wildman–Crippen MR) is 79.8 cm³/mol. The monoisotopic (exact) mass is 305 g/mol. The van der Waals surface area contributed by atoms with Crippen LogP contribution in [0.1, 0.15) is 27.5 Å². The number of halogens is 1. The van der Waals surface area contributed by atoms with Crippen molar-refractivity contribution in [1.82, 2.24) is 9.88 Å². The van der Waals surface area contributed by atoms with Crippen molar-refractivity contribution < 1.29 is 9.18 Å². The summed E-state index contributed by atoms with van der Waals surface area (Å²) >= 11 is 1.45. The molecule has 6 heteroatoms. The highest BCUT2D eigenvalue weighted by atomic mass is 32.1. The quantitative estimate of drug-likeness (QED) is 0.944. The van der Waals surface area contributed by atoms with Gasteiger partial charge in [-0.15, -0.1) is 11.3 Å². The molecule has 0 radical (unpaired) electrons. The first kappa shape index (κ1) is 14.2. The summed E-state index contributed by atoms with van der Waals surface area (Å²) in [7, 11) is 0. The molecule has 1 aliphatic rings. The summed E-state index contributed by atoms with van der Waals surface area (Å²) in [5.41, 5.74) is 7.28. The van der Waals surface area contributed by atoms with Crippen molar-refractivity contribution in [3.05, 3.63) is 51.7 Å². The van der Waals surface area contributed by atoms with Crippen LogP contribution in [0.3, 0.4) is 0 Å². The topological polar surface area (TPSA) is 59.2 Å². The summed E-state index contributed by atoms with van der Waals surface area (Å²) in [4.78, 5) is 18.4. The molecule has 0 bridgehead atoms. The van der Waals surface area contributed by atoms with Crippen LogP contribution in [0, 0.1) is 5.82 Å². The number of likely N-dealkylation sites (tertiary alicyclic amines) is 1. The summed E-state index contributed by atoms with van der Waals surface area (Å²) in [6, 6.07) is 6.41. The Morgan fingerprint density at radius 1 is 1.43 bits per heavy atom. The summed E-state index contributed by atoms with van der Waals surface area (Å²) in [5, 5.41) is 2.64. The lowest BCUT2D eigenvalue weighted by Crippen LogP contribution is -2.32. The van der Waals surface area contributed by atoms with Crippen LogP contribution < -0.4 is 5.73 Å². The van der Waals surface area contributed by atoms with Gasteiger partial charge in [-0.05, 0) is 24.1 Å². The molecule has 1 aromatic heterocycles. The second kappa shape index (κ2) is 5.91. The molecule has 2 aromatic rings. The standard InChI is InChI=1S/C15H16FN3OS/c16-11-3-1-10(2-4-11)7-14-18-13(9-21-14)15(20)19-6-5-12(17)8-19/h1-4,9,12H,5-8,17H2. The van der Waals surface area contributed by atoms with Gasteiger partial charge < -0.3 is 10.6 Å². The molecule has 0 aliphatic carbocycles. The zero-order valence-corrected chi connectivity index (χ0v) is 12.3. The molecule has 1 atom stereocenters. The van der Waals surface area contributed by atoms with Crippen molar-refractivity contribution in [3.8, 4) is 0 Å². The van der Waals surface area contributed by atoms with E-state index in [9.17, 15) is 9.18 Å². The molecule has 0 spiro atoms. The SMILES string of the molecule is NC1CCN(C(=O)c2csc(Cc3ccc(F)cc3)n2)C1. The fraction of sp³-hybridized carbons (Fsp3) is 0.333. The van der Waals surface area contributed by atoms with E-state index < -0.39 is 0 Å². The van der Waals surface area contributed by atoms with Crippen molar-refractivity contribution in [1.29, 1.82) is 0 Å². The van der Waals surface area contributed by atoms with Crippen molar-refractivity contribution in [2.24, 2.45) is 5.73 Å². The van der Waals surface area contributed by atoms with Gasteiger partial charge in [0, 0.05) is 30.9 Å². The van der Waals surface area contributed by atoms with Crippen LogP contribution in [0.2, 0.25) is 0 Å². The Balaban J connectivity index is 1.68. The van der Waals surface area contributed by atoms with Gasteiger partial charge in [-0.3, -0.25) is 4.79 Å². The van der Waals surface area contributed by atoms with E-state index in [1.807, 2.05) is 0 Å². The van der Waals surface area contributed by atoms with Gasteiger partial charge in [-0.1, -0.05) is 12.1 Å². The van der Waals surface area contributed by atoms with Crippen molar-refractivity contribution in [2.75, 3.05) is 13.1 Å². The molecule has 4 nitrogen and oxygen atoms in total. The maximum absolute atomic E-state index is 12.9. The van der Waals surface area contributed by atoms with Crippen LogP contribution in [0.5, 0.6) is 0 Å². The third-order valence-electron chi connectivity index (χ3n) is 3.55. The van der Waals surface area contributed by atoms with Gasteiger partial charge in [0.25, 0.3) is 5.91 Å². The van der Waals surface area contributed by atoms with Crippen molar-refractivity contribution in [2.45, 2.75) is 18.9 Å². The maximum atomic E-state index is 12.9. The molecule has 1 unspecified atom stereocenters. The predicted octanol–water partition coefficient (Wildman–Crippen LogP) is 2.05. The van der Waals surface area contributed by atoms with Gasteiger partial charge in [0.05, 0.1) is 5.01 Å². The minimum absolute atomic E-state index is 0.0513. The van der Waals surface area contributed by atoms with E-state index in [1.54, 1.807) is 22.4 Å². The molecule has 3 rings (SSSR count). The lowest BCUT2D eigenvalue weighted by molar-refractivity contribution is 0.0785. The average Bonchev–Trinajstić information content (AvgIpc) is 3.10. The van der Waals surface area contributed by atoms with Gasteiger partial charge in [0.2, 0.25) is 0 Å². The number of nitrogens with two attached hydrogens (primary N) is 1. The first-order chi connectivity index (χ1) is 10.1. The van der Waals surface area contributed by atoms with Gasteiger partial charge in [-0.2, -0.15) is 0 Å². The number of amides is 1. The molecular formula is C15H16FN3OS. The van der Waals surface area contributed by atoms with Gasteiger partial charge in [0.15, 0.2) is 0 Å². The average molecular weight is 305 g/mol. The van der Waals surface area contributed by atoms with E-state index in [0.29, 0.717) is 25.2 Å². The molecule has 2 heterocycles. The minimum atomic E-state index is -0.251. The summed E-state index contributed by atoms with van der Waals surface area (Å²) < 4.78 is 12.9. The van der Waals surface area contributed by atoms with Crippen molar-refractivity contribution >= 4 is 17.2 Å². The Hall–Kier alpha value is -1.79. The first-order valence-electron chi connectivity index (χ1n) is 6.85. The largest absolute Gasteiger partial charge is 0.336 e. The summed E-state index contributed by atoms with van der Waals surface area (Å²) in [6.07, 6.45) is 1.45. The Kier molecular flexibility index (Phi) is 3.98. The van der Waals surface area contributed by atoms with Crippen LogP contribution in [0.15, 0.2) is 29.6 Å². The smallest absolute Gasteiger partial charge is 0.273 e. The third kappa shape index (κ3) is 3.28. The summed E-state index contributed by atoms with van der Waals surface area (Å²) in [5.74, 6) is -0.302. The molecule has 21 heavy (non-hydrogen) atoms. The Morgan fingerprint density at radius 2 is 2.19 bits per heavy atom. The lowest BCUT2D eigenvalue weighted by Gasteiger charge is -2.13. The van der Waals surface area contributed by atoms with E-state index in [0.717, 1.165) is 17.0 Å². The second-order valence-corrected chi connectivity index (χ2v) is 6.17. The maximum Gasteiger partial charge on any atom is 0.273 e. The zero-order valence-electron chi connectivity index (χ0n) is 11.5. The highest BCUT2D eigenvalue weighted by molar-refractivity contribution is 7.09. The van der Waals surface area contributed by atoms with Crippen LogP contribution >= 0.6 is 11.3 Å². The zero-order chi connectivity index (χ0) is 14.8. The van der Waals surface area contributed by atoms with Crippen molar-refractivity contribution in [3.63, 3.8) is 0 Å². The van der Waals surface area contributed by atoms with Crippen LogP contribution in [0.4, 0.5) is 4.39 Å². The molecule has 2 N–H and O–H groups in total. The fourth-order valence-corrected chi connectivity index (χ4v) is 3.20. The number of rotatable bonds is 3. The molecule has 1 amide bonds. The number of carbonyl (C=O) groups is 1. The Morgan fingerprint density at radius 3 is 2.86 bits per heavy atom. The number of hydrogen-bond acceptors (Lipinski definition) is 4. The van der Waals surface area contributed by atoms with Gasteiger partial charge in [-0.25, -0.2) is 9.37 Å². The highest BCUT2D eigenvalue weighted by Gasteiger charge is 2.25. The Bertz CT molecular complexity index is 641. The van der Waals surface area contributed by atoms with E-state index >= 15 is 0 Å². The number of thiazole rings is 1. The van der Waals surface area contributed by atoms with Crippen LogP contribution in [-0.2, 0) is 6.42 Å². The number of aromatic nitrogens is 1. The molecule has 1 aromatic carbocycles. The molecular weight excluding hydrogens is 289 g/mol. The van der Waals surface area contributed by atoms with Crippen LogP contribution in [0.25, 0.3) is 0 Å². The number of carbonyl (C=O) groups excluding carboxylic acids is 1. The van der Waals surface area contributed by atoms with Gasteiger partial charge in [0.1, 0.15) is 11.5 Å². The molecule has 1 fully saturated rings. The third-order valence-corrected chi connectivity index (χ3v) is 4.40. The number of nitrogens with zero attached hydrogens (tertiary/aromatic N) is 2. The fourth-order valence-electron chi connectivity index (χ4n) is 2.40. The first-order valence-corrected chi connectivity index (χ1v) is 7.73. The molecule has 1 saturated heterocycles. The molecule has 110 valence electrons. The lowest BCUT2D eigenvalue weighted by atomic mass is 10.1. The minimum Gasteiger partial charge on any atom is -0.336 e. The number of hydrogen-bond donors (Lipinski definition) is 1. The van der Waals surface area contributed by atoms with Crippen LogP contribution in [-0.4, -0.2) is 34.9 Å². The van der Waals surface area contributed by atoms with Gasteiger partial charge >= 0.3 is 0 Å². The van der Waals surface area contributed by atoms with E-state index in [2.05, 4.69) is 4.98 Å². The summed E-state index contributed by atoms with van der Waals surface area (Å²) in [6.45, 7) is 1.30. The molecule has 1 aliphatic heterocycles. The molecule has 0 saturated carbocycles. The highest BCUT2D eigenvalue weighted by Crippen LogP contribution is 2.18. The normalized spacial score (nSPS) is 18.2.